The average Bonchev–Trinajstić information content (AvgIpc) is 2.71. The molecule has 3 atom stereocenters. The van der Waals surface area contributed by atoms with Crippen LogP contribution in [-0.2, 0) is 4.74 Å². The summed E-state index contributed by atoms with van der Waals surface area (Å²) in [6.45, 7) is -0.163. The highest BCUT2D eigenvalue weighted by Crippen LogP contribution is 2.32. The van der Waals surface area contributed by atoms with Crippen molar-refractivity contribution in [3.8, 4) is 0 Å². The number of rotatable bonds is 3. The molecule has 1 aliphatic heterocycles. The van der Waals surface area contributed by atoms with Crippen molar-refractivity contribution < 1.29 is 14.9 Å². The molecular formula is C11H16N2O3. The van der Waals surface area contributed by atoms with E-state index < -0.39 is 12.2 Å². The van der Waals surface area contributed by atoms with Crippen molar-refractivity contribution in [1.82, 2.24) is 4.98 Å². The van der Waals surface area contributed by atoms with E-state index in [1.807, 2.05) is 18.2 Å². The molecule has 0 aliphatic carbocycles. The first-order valence-corrected chi connectivity index (χ1v) is 5.33. The molecule has 1 aliphatic rings. The first kappa shape index (κ1) is 11.3. The van der Waals surface area contributed by atoms with Crippen LogP contribution in [0.25, 0.3) is 0 Å². The van der Waals surface area contributed by atoms with Crippen LogP contribution in [0.5, 0.6) is 0 Å². The predicted octanol–water partition coefficient (Wildman–Crippen LogP) is 0.306. The molecule has 0 bridgehead atoms. The van der Waals surface area contributed by atoms with Gasteiger partial charge in [0.1, 0.15) is 18.0 Å². The standard InChI is InChI=1S/C11H16N2O3/c1-12-11-4-2-3-7(13-11)9-5-8(15)10(6-14)16-9/h2-4,8-10,14-15H,5-6H2,1H3,(H,12,13)/t8-,9+,10+/m0/s1. The van der Waals surface area contributed by atoms with Crippen LogP contribution >= 0.6 is 0 Å². The summed E-state index contributed by atoms with van der Waals surface area (Å²) in [6, 6.07) is 5.60. The van der Waals surface area contributed by atoms with E-state index in [1.54, 1.807) is 7.05 Å². The van der Waals surface area contributed by atoms with Crippen molar-refractivity contribution in [3.05, 3.63) is 23.9 Å². The van der Waals surface area contributed by atoms with Crippen molar-refractivity contribution >= 4 is 5.82 Å². The number of hydrogen-bond acceptors (Lipinski definition) is 5. The molecular weight excluding hydrogens is 208 g/mol. The van der Waals surface area contributed by atoms with Gasteiger partial charge in [0.25, 0.3) is 0 Å². The van der Waals surface area contributed by atoms with Crippen molar-refractivity contribution in [3.63, 3.8) is 0 Å². The highest BCUT2D eigenvalue weighted by atomic mass is 16.5. The van der Waals surface area contributed by atoms with Crippen LogP contribution in [-0.4, -0.2) is 41.1 Å². The van der Waals surface area contributed by atoms with E-state index in [4.69, 9.17) is 9.84 Å². The minimum Gasteiger partial charge on any atom is -0.394 e. The maximum atomic E-state index is 9.62. The highest BCUT2D eigenvalue weighted by molar-refractivity contribution is 5.34. The summed E-state index contributed by atoms with van der Waals surface area (Å²) in [7, 11) is 1.80. The number of ether oxygens (including phenoxy) is 1. The van der Waals surface area contributed by atoms with E-state index in [9.17, 15) is 5.11 Å². The number of hydrogen-bond donors (Lipinski definition) is 3. The van der Waals surface area contributed by atoms with Crippen LogP contribution in [0.2, 0.25) is 0 Å². The Bertz CT molecular complexity index is 359. The minimum atomic E-state index is -0.616. The maximum Gasteiger partial charge on any atom is 0.126 e. The van der Waals surface area contributed by atoms with E-state index in [0.717, 1.165) is 11.5 Å². The van der Waals surface area contributed by atoms with Crippen LogP contribution in [0.4, 0.5) is 5.82 Å². The molecule has 0 saturated carbocycles. The van der Waals surface area contributed by atoms with Gasteiger partial charge in [0.05, 0.1) is 18.4 Å². The molecule has 0 radical (unpaired) electrons. The molecule has 5 nitrogen and oxygen atoms in total. The summed E-state index contributed by atoms with van der Waals surface area (Å²) < 4.78 is 5.52. The predicted molar refractivity (Wildman–Crippen MR) is 59.1 cm³/mol. The summed E-state index contributed by atoms with van der Waals surface area (Å²) >= 11 is 0. The fourth-order valence-corrected chi connectivity index (χ4v) is 1.85. The molecule has 2 heterocycles. The third-order valence-corrected chi connectivity index (χ3v) is 2.76. The lowest BCUT2D eigenvalue weighted by Crippen LogP contribution is -2.24. The number of nitrogens with one attached hydrogen (secondary N) is 1. The summed E-state index contributed by atoms with van der Waals surface area (Å²) in [6.07, 6.45) is -0.869. The summed E-state index contributed by atoms with van der Waals surface area (Å²) in [4.78, 5) is 4.35. The van der Waals surface area contributed by atoms with Gasteiger partial charge < -0.3 is 20.3 Å². The van der Waals surface area contributed by atoms with Crippen LogP contribution in [0.15, 0.2) is 18.2 Å². The SMILES string of the molecule is CNc1cccc([C@H]2C[C@H](O)[C@@H](CO)O2)n1. The van der Waals surface area contributed by atoms with Crippen molar-refractivity contribution in [2.45, 2.75) is 24.7 Å². The number of pyridine rings is 1. The fraction of sp³-hybridized carbons (Fsp3) is 0.545. The quantitative estimate of drug-likeness (QED) is 0.689. The number of nitrogens with zero attached hydrogens (tertiary/aromatic N) is 1. The second kappa shape index (κ2) is 4.78. The normalized spacial score (nSPS) is 29.3. The van der Waals surface area contributed by atoms with Crippen molar-refractivity contribution in [2.75, 3.05) is 19.0 Å². The number of aliphatic hydroxyl groups is 2. The monoisotopic (exact) mass is 224 g/mol. The van der Waals surface area contributed by atoms with Crippen molar-refractivity contribution in [1.29, 1.82) is 0 Å². The lowest BCUT2D eigenvalue weighted by atomic mass is 10.1. The van der Waals surface area contributed by atoms with Crippen molar-refractivity contribution in [2.24, 2.45) is 0 Å². The molecule has 2 rings (SSSR count). The molecule has 88 valence electrons. The van der Waals surface area contributed by atoms with Gasteiger partial charge in [-0.05, 0) is 12.1 Å². The number of anilines is 1. The Kier molecular flexibility index (Phi) is 3.38. The van der Waals surface area contributed by atoms with Gasteiger partial charge in [0.2, 0.25) is 0 Å². The van der Waals surface area contributed by atoms with Gasteiger partial charge in [-0.3, -0.25) is 0 Å². The molecule has 1 fully saturated rings. The molecule has 16 heavy (non-hydrogen) atoms. The smallest absolute Gasteiger partial charge is 0.126 e. The Hall–Kier alpha value is -1.17. The Balaban J connectivity index is 2.13. The highest BCUT2D eigenvalue weighted by Gasteiger charge is 2.34. The third-order valence-electron chi connectivity index (χ3n) is 2.76. The number of aromatic nitrogens is 1. The lowest BCUT2D eigenvalue weighted by Gasteiger charge is -2.12. The molecule has 0 aromatic carbocycles. The van der Waals surface area contributed by atoms with Gasteiger partial charge in [-0.1, -0.05) is 6.07 Å². The molecule has 0 spiro atoms. The first-order valence-electron chi connectivity index (χ1n) is 5.33. The zero-order valence-corrected chi connectivity index (χ0v) is 9.13. The zero-order valence-electron chi connectivity index (χ0n) is 9.13. The second-order valence-corrected chi connectivity index (χ2v) is 3.85. The molecule has 1 aromatic heterocycles. The van der Waals surface area contributed by atoms with Gasteiger partial charge in [-0.15, -0.1) is 0 Å². The van der Waals surface area contributed by atoms with Crippen LogP contribution in [0.1, 0.15) is 18.2 Å². The molecule has 5 heteroatoms. The minimum absolute atomic E-state index is 0.163. The van der Waals surface area contributed by atoms with E-state index >= 15 is 0 Å². The Morgan fingerprint density at radius 1 is 1.56 bits per heavy atom. The van der Waals surface area contributed by atoms with E-state index in [1.165, 1.54) is 0 Å². The Labute approximate surface area is 94.1 Å². The van der Waals surface area contributed by atoms with Gasteiger partial charge in [-0.25, -0.2) is 4.98 Å². The first-order chi connectivity index (χ1) is 7.74. The zero-order chi connectivity index (χ0) is 11.5. The van der Waals surface area contributed by atoms with E-state index in [0.29, 0.717) is 6.42 Å². The van der Waals surface area contributed by atoms with Gasteiger partial charge in [0.15, 0.2) is 0 Å². The van der Waals surface area contributed by atoms with Gasteiger partial charge >= 0.3 is 0 Å². The Morgan fingerprint density at radius 3 is 3.00 bits per heavy atom. The summed E-state index contributed by atoms with van der Waals surface area (Å²) in [5.74, 6) is 0.767. The largest absolute Gasteiger partial charge is 0.394 e. The average molecular weight is 224 g/mol. The Morgan fingerprint density at radius 2 is 2.38 bits per heavy atom. The van der Waals surface area contributed by atoms with E-state index in [2.05, 4.69) is 10.3 Å². The topological polar surface area (TPSA) is 74.6 Å². The van der Waals surface area contributed by atoms with Gasteiger partial charge in [-0.2, -0.15) is 0 Å². The fourth-order valence-electron chi connectivity index (χ4n) is 1.85. The molecule has 0 unspecified atom stereocenters. The third kappa shape index (κ3) is 2.16. The second-order valence-electron chi connectivity index (χ2n) is 3.85. The van der Waals surface area contributed by atoms with Crippen LogP contribution < -0.4 is 5.32 Å². The molecule has 3 N–H and O–H groups in total. The molecule has 1 aromatic rings. The number of aliphatic hydroxyl groups excluding tert-OH is 2. The van der Waals surface area contributed by atoms with E-state index in [-0.39, 0.29) is 12.7 Å². The summed E-state index contributed by atoms with van der Waals surface area (Å²) in [5.41, 5.74) is 0.779. The van der Waals surface area contributed by atoms with Gasteiger partial charge in [0, 0.05) is 13.5 Å². The molecule has 0 amide bonds. The van der Waals surface area contributed by atoms with Crippen LogP contribution in [0.3, 0.4) is 0 Å². The summed E-state index contributed by atoms with van der Waals surface area (Å²) in [5, 5.41) is 21.6. The molecule has 1 saturated heterocycles. The lowest BCUT2D eigenvalue weighted by molar-refractivity contribution is -0.0235. The maximum absolute atomic E-state index is 9.62. The van der Waals surface area contributed by atoms with Crippen LogP contribution in [0, 0.1) is 0 Å².